The molecule has 0 saturated heterocycles. The van der Waals surface area contributed by atoms with Gasteiger partial charge in [-0.1, -0.05) is 80.4 Å². The number of hydrogen-bond acceptors (Lipinski definition) is 0. The molecule has 0 heterocycles. The molecule has 1 unspecified atom stereocenters. The molecule has 0 aliphatic heterocycles. The normalized spacial score (nSPS) is 26.4. The average Bonchev–Trinajstić information content (AvgIpc) is 2.90. The van der Waals surface area contributed by atoms with Crippen molar-refractivity contribution >= 4 is 31.9 Å². The summed E-state index contributed by atoms with van der Waals surface area (Å²) in [7, 11) is 0. The minimum absolute atomic E-state index is 0.0523. The molecule has 1 spiro atoms. The van der Waals surface area contributed by atoms with E-state index >= 15 is 0 Å². The van der Waals surface area contributed by atoms with Gasteiger partial charge in [0.05, 0.1) is 3.23 Å². The third-order valence-corrected chi connectivity index (χ3v) is 6.67. The molecular weight excluding hydrogens is 364 g/mol. The van der Waals surface area contributed by atoms with Crippen molar-refractivity contribution in [3.63, 3.8) is 0 Å². The summed E-state index contributed by atoms with van der Waals surface area (Å²) >= 11 is 7.99. The highest BCUT2D eigenvalue weighted by atomic mass is 79.9. The number of fused-ring (bicyclic) bond motifs is 4. The van der Waals surface area contributed by atoms with E-state index in [2.05, 4.69) is 80.4 Å². The lowest BCUT2D eigenvalue weighted by atomic mass is 9.76. The molecule has 0 bridgehead atoms. The predicted octanol–water partition coefficient (Wildman–Crippen LogP) is 4.96. The van der Waals surface area contributed by atoms with E-state index in [9.17, 15) is 0 Å². The molecule has 0 nitrogen and oxygen atoms in total. The lowest BCUT2D eigenvalue weighted by molar-refractivity contribution is 0.505. The predicted molar refractivity (Wildman–Crippen MR) is 86.3 cm³/mol. The van der Waals surface area contributed by atoms with Crippen molar-refractivity contribution in [3.05, 3.63) is 70.8 Å². The summed E-state index contributed by atoms with van der Waals surface area (Å²) < 4.78 is -0.0523. The highest BCUT2D eigenvalue weighted by Crippen LogP contribution is 2.62. The van der Waals surface area contributed by atoms with E-state index in [1.54, 1.807) is 0 Å². The Morgan fingerprint density at radius 3 is 2.11 bits per heavy atom. The lowest BCUT2D eigenvalue weighted by Crippen LogP contribution is -2.38. The van der Waals surface area contributed by atoms with Crippen molar-refractivity contribution < 1.29 is 0 Å². The van der Waals surface area contributed by atoms with E-state index in [0.29, 0.717) is 0 Å². The van der Waals surface area contributed by atoms with E-state index in [4.69, 9.17) is 0 Å². The summed E-state index contributed by atoms with van der Waals surface area (Å²) in [6.07, 6.45) is 3.39. The van der Waals surface area contributed by atoms with Crippen LogP contribution in [0.25, 0.3) is 0 Å². The average molecular weight is 378 g/mol. The minimum Gasteiger partial charge on any atom is -0.0710 e. The summed E-state index contributed by atoms with van der Waals surface area (Å²) in [5, 5.41) is 0. The standard InChI is InChI=1S/C17H14Br2/c18-17(19)11-13-6-2-4-8-15(13)16(17)10-9-12-5-1-3-7-14(12)16/h1-8H,9-11H2. The van der Waals surface area contributed by atoms with Gasteiger partial charge in [-0.25, -0.2) is 0 Å². The highest BCUT2D eigenvalue weighted by molar-refractivity contribution is 9.25. The maximum atomic E-state index is 3.99. The van der Waals surface area contributed by atoms with Crippen LogP contribution >= 0.6 is 31.9 Å². The number of benzene rings is 2. The first-order valence-corrected chi connectivity index (χ1v) is 8.28. The molecule has 0 amide bonds. The Morgan fingerprint density at radius 2 is 1.37 bits per heavy atom. The molecule has 2 aliphatic rings. The first-order valence-electron chi connectivity index (χ1n) is 6.70. The smallest absolute Gasteiger partial charge is 0.0710 e. The van der Waals surface area contributed by atoms with E-state index in [1.807, 2.05) is 0 Å². The van der Waals surface area contributed by atoms with Crippen molar-refractivity contribution in [2.75, 3.05) is 0 Å². The first-order chi connectivity index (χ1) is 9.15. The van der Waals surface area contributed by atoms with E-state index < -0.39 is 0 Å². The zero-order valence-electron chi connectivity index (χ0n) is 10.5. The van der Waals surface area contributed by atoms with Crippen LogP contribution < -0.4 is 0 Å². The number of alkyl halides is 2. The van der Waals surface area contributed by atoms with Crippen molar-refractivity contribution in [2.45, 2.75) is 27.9 Å². The third kappa shape index (κ3) is 1.45. The van der Waals surface area contributed by atoms with Gasteiger partial charge in [0.2, 0.25) is 0 Å². The van der Waals surface area contributed by atoms with Crippen LogP contribution in [-0.2, 0) is 18.3 Å². The fourth-order valence-corrected chi connectivity index (χ4v) is 5.80. The number of hydrogen-bond donors (Lipinski definition) is 0. The van der Waals surface area contributed by atoms with Gasteiger partial charge in [-0.15, -0.1) is 0 Å². The molecule has 0 radical (unpaired) electrons. The second kappa shape index (κ2) is 3.95. The Bertz CT molecular complexity index is 647. The summed E-state index contributed by atoms with van der Waals surface area (Å²) in [6, 6.07) is 17.8. The van der Waals surface area contributed by atoms with Crippen molar-refractivity contribution in [1.82, 2.24) is 0 Å². The van der Waals surface area contributed by atoms with Crippen molar-refractivity contribution in [3.8, 4) is 0 Å². The van der Waals surface area contributed by atoms with E-state index in [0.717, 1.165) is 6.42 Å². The van der Waals surface area contributed by atoms with Gasteiger partial charge in [0, 0.05) is 5.41 Å². The largest absolute Gasteiger partial charge is 0.0982 e. The Hall–Kier alpha value is -0.600. The van der Waals surface area contributed by atoms with E-state index in [-0.39, 0.29) is 8.65 Å². The van der Waals surface area contributed by atoms with Gasteiger partial charge in [-0.3, -0.25) is 0 Å². The summed E-state index contributed by atoms with van der Waals surface area (Å²) in [5.41, 5.74) is 6.04. The topological polar surface area (TPSA) is 0 Å². The number of halogens is 2. The van der Waals surface area contributed by atoms with Crippen LogP contribution in [0.3, 0.4) is 0 Å². The van der Waals surface area contributed by atoms with Crippen LogP contribution in [-0.4, -0.2) is 3.23 Å². The summed E-state index contributed by atoms with van der Waals surface area (Å²) in [4.78, 5) is 0. The van der Waals surface area contributed by atoms with Crippen LogP contribution in [0.4, 0.5) is 0 Å². The monoisotopic (exact) mass is 376 g/mol. The Labute approximate surface area is 130 Å². The van der Waals surface area contributed by atoms with Gasteiger partial charge in [0.15, 0.2) is 0 Å². The fraction of sp³-hybridized carbons (Fsp3) is 0.294. The Balaban J connectivity index is 2.05. The maximum absolute atomic E-state index is 3.99. The third-order valence-electron chi connectivity index (χ3n) is 4.76. The van der Waals surface area contributed by atoms with Gasteiger partial charge in [-0.2, -0.15) is 0 Å². The second-order valence-electron chi connectivity index (χ2n) is 5.60. The SMILES string of the molecule is BrC1(Br)Cc2ccccc2C12CCc1ccccc12. The minimum atomic E-state index is -0.0523. The van der Waals surface area contributed by atoms with Gasteiger partial charge >= 0.3 is 0 Å². The van der Waals surface area contributed by atoms with Crippen LogP contribution in [0, 0.1) is 0 Å². The molecule has 0 aromatic heterocycles. The molecule has 0 saturated carbocycles. The van der Waals surface area contributed by atoms with E-state index in [1.165, 1.54) is 35.1 Å². The quantitative estimate of drug-likeness (QED) is 0.569. The summed E-state index contributed by atoms with van der Waals surface area (Å²) in [5.74, 6) is 0. The molecule has 0 fully saturated rings. The molecule has 2 aliphatic carbocycles. The molecule has 0 N–H and O–H groups in total. The van der Waals surface area contributed by atoms with Crippen molar-refractivity contribution in [2.24, 2.45) is 0 Å². The fourth-order valence-electron chi connectivity index (χ4n) is 3.95. The lowest BCUT2D eigenvalue weighted by Gasteiger charge is -2.37. The van der Waals surface area contributed by atoms with Gasteiger partial charge in [0.1, 0.15) is 0 Å². The highest BCUT2D eigenvalue weighted by Gasteiger charge is 2.58. The Kier molecular flexibility index (Phi) is 2.53. The zero-order chi connectivity index (χ0) is 13.1. The molecule has 2 aromatic rings. The van der Waals surface area contributed by atoms with Crippen molar-refractivity contribution in [1.29, 1.82) is 0 Å². The molecular formula is C17H14Br2. The van der Waals surface area contributed by atoms with Gasteiger partial charge in [-0.05, 0) is 41.5 Å². The zero-order valence-corrected chi connectivity index (χ0v) is 13.7. The van der Waals surface area contributed by atoms with Crippen LogP contribution in [0.5, 0.6) is 0 Å². The Morgan fingerprint density at radius 1 is 0.789 bits per heavy atom. The number of aryl methyl sites for hydroxylation is 1. The van der Waals surface area contributed by atoms with Gasteiger partial charge < -0.3 is 0 Å². The van der Waals surface area contributed by atoms with Crippen LogP contribution in [0.15, 0.2) is 48.5 Å². The molecule has 19 heavy (non-hydrogen) atoms. The summed E-state index contributed by atoms with van der Waals surface area (Å²) in [6.45, 7) is 0. The molecule has 2 aromatic carbocycles. The van der Waals surface area contributed by atoms with Crippen LogP contribution in [0.2, 0.25) is 0 Å². The molecule has 2 heteroatoms. The first kappa shape index (κ1) is 12.2. The maximum Gasteiger partial charge on any atom is 0.0982 e. The number of rotatable bonds is 0. The molecule has 4 rings (SSSR count). The second-order valence-corrected chi connectivity index (χ2v) is 9.37. The molecule has 1 atom stereocenters. The molecule has 96 valence electrons. The van der Waals surface area contributed by atoms with Gasteiger partial charge in [0.25, 0.3) is 0 Å². The van der Waals surface area contributed by atoms with Crippen LogP contribution in [0.1, 0.15) is 28.7 Å².